The summed E-state index contributed by atoms with van der Waals surface area (Å²) in [6, 6.07) is 10.0. The van der Waals surface area contributed by atoms with Crippen molar-refractivity contribution in [3.05, 3.63) is 35.9 Å². The molecular formula is C16H20O5. The Bertz CT molecular complexity index is 485. The lowest BCUT2D eigenvalue weighted by Gasteiger charge is -2.38. The van der Waals surface area contributed by atoms with Crippen LogP contribution in [0.15, 0.2) is 30.3 Å². The molecule has 2 bridgehead atoms. The Hall–Kier alpha value is -1.43. The topological polar surface area (TPSA) is 54.0 Å². The number of ether oxygens (including phenoxy) is 4. The van der Waals surface area contributed by atoms with Crippen molar-refractivity contribution in [2.45, 2.75) is 25.2 Å². The first-order valence-corrected chi connectivity index (χ1v) is 7.20. The van der Waals surface area contributed by atoms with Crippen LogP contribution in [0, 0.1) is 5.92 Å². The molecule has 5 nitrogen and oxygen atoms in total. The quantitative estimate of drug-likeness (QED) is 0.771. The van der Waals surface area contributed by atoms with Crippen LogP contribution in [0.5, 0.6) is 0 Å². The molecule has 2 aliphatic rings. The summed E-state index contributed by atoms with van der Waals surface area (Å²) in [4.78, 5) is 11.1. The first-order chi connectivity index (χ1) is 10.2. The van der Waals surface area contributed by atoms with Crippen LogP contribution < -0.4 is 0 Å². The van der Waals surface area contributed by atoms with Crippen molar-refractivity contribution in [2.75, 3.05) is 26.4 Å². The van der Waals surface area contributed by atoms with E-state index in [1.807, 2.05) is 30.3 Å². The zero-order valence-corrected chi connectivity index (χ0v) is 12.1. The molecule has 1 aromatic rings. The molecule has 3 unspecified atom stereocenters. The van der Waals surface area contributed by atoms with Crippen LogP contribution in [-0.2, 0) is 30.3 Å². The van der Waals surface area contributed by atoms with Crippen LogP contribution in [-0.4, -0.2) is 44.1 Å². The van der Waals surface area contributed by atoms with Gasteiger partial charge in [-0.15, -0.1) is 0 Å². The van der Waals surface area contributed by atoms with Crippen molar-refractivity contribution < 1.29 is 23.7 Å². The first kappa shape index (κ1) is 14.5. The normalized spacial score (nSPS) is 31.1. The summed E-state index contributed by atoms with van der Waals surface area (Å²) in [5.41, 5.74) is 0.453. The minimum absolute atomic E-state index is 0.106. The van der Waals surface area contributed by atoms with Gasteiger partial charge in [0, 0.05) is 12.8 Å². The van der Waals surface area contributed by atoms with Gasteiger partial charge < -0.3 is 18.9 Å². The molecular weight excluding hydrogens is 272 g/mol. The van der Waals surface area contributed by atoms with Crippen molar-refractivity contribution in [2.24, 2.45) is 5.92 Å². The lowest BCUT2D eigenvalue weighted by molar-refractivity contribution is -0.187. The SMILES string of the molecule is CC(=O)OCC12COCC(CO1)C2OCc1ccccc1. The number of carbonyl (C=O) groups is 1. The Morgan fingerprint density at radius 2 is 2.14 bits per heavy atom. The molecule has 0 radical (unpaired) electrons. The number of fused-ring (bicyclic) bond motifs is 2. The molecule has 0 amide bonds. The molecule has 0 spiro atoms. The van der Waals surface area contributed by atoms with E-state index >= 15 is 0 Å². The summed E-state index contributed by atoms with van der Waals surface area (Å²) in [5, 5.41) is 0. The van der Waals surface area contributed by atoms with Gasteiger partial charge in [-0.25, -0.2) is 0 Å². The number of benzene rings is 1. The second-order valence-electron chi connectivity index (χ2n) is 5.65. The van der Waals surface area contributed by atoms with Gasteiger partial charge in [0.05, 0.1) is 32.5 Å². The second-order valence-corrected chi connectivity index (χ2v) is 5.65. The fraction of sp³-hybridized carbons (Fsp3) is 0.562. The molecule has 114 valence electrons. The molecule has 3 atom stereocenters. The molecule has 0 saturated carbocycles. The zero-order valence-electron chi connectivity index (χ0n) is 12.1. The highest BCUT2D eigenvalue weighted by molar-refractivity contribution is 5.66. The third-order valence-electron chi connectivity index (χ3n) is 4.00. The maximum atomic E-state index is 11.1. The largest absolute Gasteiger partial charge is 0.463 e. The van der Waals surface area contributed by atoms with Crippen molar-refractivity contribution >= 4 is 5.97 Å². The van der Waals surface area contributed by atoms with Gasteiger partial charge in [-0.1, -0.05) is 30.3 Å². The fourth-order valence-corrected chi connectivity index (χ4v) is 2.95. The minimum Gasteiger partial charge on any atom is -0.463 e. The van der Waals surface area contributed by atoms with Crippen LogP contribution in [0.4, 0.5) is 0 Å². The maximum Gasteiger partial charge on any atom is 0.302 e. The minimum atomic E-state index is -0.663. The molecule has 0 aliphatic carbocycles. The third-order valence-corrected chi connectivity index (χ3v) is 4.00. The summed E-state index contributed by atoms with van der Waals surface area (Å²) in [6.07, 6.45) is -0.106. The Balaban J connectivity index is 1.67. The summed E-state index contributed by atoms with van der Waals surface area (Å²) in [5.74, 6) is -0.123. The van der Waals surface area contributed by atoms with Crippen LogP contribution in [0.1, 0.15) is 12.5 Å². The van der Waals surface area contributed by atoms with Crippen LogP contribution in [0.2, 0.25) is 0 Å². The standard InChI is InChI=1S/C16H20O5/c1-12(17)20-11-16-10-18-8-14(9-21-16)15(16)19-7-13-5-3-2-4-6-13/h2-6,14-15H,7-11H2,1H3. The average molecular weight is 292 g/mol. The van der Waals surface area contributed by atoms with Crippen molar-refractivity contribution in [3.8, 4) is 0 Å². The summed E-state index contributed by atoms with van der Waals surface area (Å²) in [7, 11) is 0. The van der Waals surface area contributed by atoms with Gasteiger partial charge >= 0.3 is 5.97 Å². The van der Waals surface area contributed by atoms with Crippen molar-refractivity contribution in [3.63, 3.8) is 0 Å². The van der Waals surface area contributed by atoms with E-state index in [-0.39, 0.29) is 24.6 Å². The first-order valence-electron chi connectivity index (χ1n) is 7.20. The molecule has 21 heavy (non-hydrogen) atoms. The van der Waals surface area contributed by atoms with E-state index < -0.39 is 5.60 Å². The maximum absolute atomic E-state index is 11.1. The molecule has 0 N–H and O–H groups in total. The molecule has 2 fully saturated rings. The van der Waals surface area contributed by atoms with E-state index in [9.17, 15) is 4.79 Å². The van der Waals surface area contributed by atoms with E-state index in [4.69, 9.17) is 18.9 Å². The van der Waals surface area contributed by atoms with Crippen molar-refractivity contribution in [1.29, 1.82) is 0 Å². The number of esters is 1. The fourth-order valence-electron chi connectivity index (χ4n) is 2.95. The van der Waals surface area contributed by atoms with Gasteiger partial charge in [0.1, 0.15) is 6.61 Å². The number of rotatable bonds is 5. The van der Waals surface area contributed by atoms with Gasteiger partial charge in [-0.2, -0.15) is 0 Å². The summed E-state index contributed by atoms with van der Waals surface area (Å²) in [6.45, 7) is 3.70. The van der Waals surface area contributed by atoms with Crippen LogP contribution in [0.3, 0.4) is 0 Å². The van der Waals surface area contributed by atoms with E-state index in [1.165, 1.54) is 6.92 Å². The highest BCUT2D eigenvalue weighted by Gasteiger charge is 2.55. The predicted octanol–water partition coefficient (Wildman–Crippen LogP) is 1.55. The van der Waals surface area contributed by atoms with E-state index in [1.54, 1.807) is 0 Å². The molecule has 0 aromatic heterocycles. The molecule has 5 heteroatoms. The molecule has 2 heterocycles. The van der Waals surface area contributed by atoms with E-state index in [0.717, 1.165) is 5.56 Å². The van der Waals surface area contributed by atoms with Crippen LogP contribution >= 0.6 is 0 Å². The predicted molar refractivity (Wildman–Crippen MR) is 74.6 cm³/mol. The highest BCUT2D eigenvalue weighted by atomic mass is 16.6. The molecule has 3 rings (SSSR count). The summed E-state index contributed by atoms with van der Waals surface area (Å²) < 4.78 is 22.7. The highest BCUT2D eigenvalue weighted by Crippen LogP contribution is 2.38. The monoisotopic (exact) mass is 292 g/mol. The van der Waals surface area contributed by atoms with E-state index in [2.05, 4.69) is 0 Å². The molecule has 1 aromatic carbocycles. The van der Waals surface area contributed by atoms with Gasteiger partial charge in [0.2, 0.25) is 0 Å². The lowest BCUT2D eigenvalue weighted by atomic mass is 9.89. The van der Waals surface area contributed by atoms with Gasteiger partial charge in [0.15, 0.2) is 5.60 Å². The smallest absolute Gasteiger partial charge is 0.302 e. The Morgan fingerprint density at radius 1 is 1.33 bits per heavy atom. The Kier molecular flexibility index (Phi) is 4.24. The van der Waals surface area contributed by atoms with Gasteiger partial charge in [-0.05, 0) is 5.56 Å². The molecule has 2 aliphatic heterocycles. The number of hydrogen-bond donors (Lipinski definition) is 0. The lowest BCUT2D eigenvalue weighted by Crippen LogP contribution is -2.54. The zero-order chi connectivity index (χ0) is 14.7. The Morgan fingerprint density at radius 3 is 2.90 bits per heavy atom. The summed E-state index contributed by atoms with van der Waals surface area (Å²) >= 11 is 0. The van der Waals surface area contributed by atoms with Gasteiger partial charge in [0.25, 0.3) is 0 Å². The molecule has 2 saturated heterocycles. The van der Waals surface area contributed by atoms with Crippen LogP contribution in [0.25, 0.3) is 0 Å². The van der Waals surface area contributed by atoms with Crippen molar-refractivity contribution in [1.82, 2.24) is 0 Å². The second kappa shape index (κ2) is 6.13. The number of carbonyl (C=O) groups excluding carboxylic acids is 1. The average Bonchev–Trinajstić information content (AvgIpc) is 2.69. The third kappa shape index (κ3) is 3.10. The Labute approximate surface area is 124 Å². The number of hydrogen-bond acceptors (Lipinski definition) is 5. The van der Waals surface area contributed by atoms with E-state index in [0.29, 0.717) is 26.4 Å². The van der Waals surface area contributed by atoms with Gasteiger partial charge in [-0.3, -0.25) is 4.79 Å².